The summed E-state index contributed by atoms with van der Waals surface area (Å²) in [4.78, 5) is 13.3. The fourth-order valence-corrected chi connectivity index (χ4v) is 1.36. The maximum atomic E-state index is 11.7. The summed E-state index contributed by atoms with van der Waals surface area (Å²) in [7, 11) is 0. The van der Waals surface area contributed by atoms with Gasteiger partial charge in [-0.1, -0.05) is 0 Å². The number of phenols is 1. The standard InChI is InChI=1S/C11H17N3O2/c1-3-14(4-2)11(16)13-9-6-5-8(12)7-10(9)15/h5-7,15H,3-4,12H2,1-2H3,(H,13,16). The SMILES string of the molecule is CCN(CC)C(=O)Nc1ccc(N)cc1O. The Morgan fingerprint density at radius 2 is 2.06 bits per heavy atom. The molecule has 0 bridgehead atoms. The lowest BCUT2D eigenvalue weighted by Gasteiger charge is -2.19. The molecule has 1 aromatic rings. The minimum atomic E-state index is -0.231. The molecule has 0 aliphatic rings. The Morgan fingerprint density at radius 1 is 1.44 bits per heavy atom. The highest BCUT2D eigenvalue weighted by Gasteiger charge is 2.11. The van der Waals surface area contributed by atoms with E-state index in [1.54, 1.807) is 17.0 Å². The molecule has 0 aliphatic heterocycles. The smallest absolute Gasteiger partial charge is 0.321 e. The van der Waals surface area contributed by atoms with Crippen molar-refractivity contribution >= 4 is 17.4 Å². The molecule has 5 nitrogen and oxygen atoms in total. The molecule has 0 aliphatic carbocycles. The van der Waals surface area contributed by atoms with Gasteiger partial charge in [-0.2, -0.15) is 0 Å². The van der Waals surface area contributed by atoms with Crippen LogP contribution in [0.5, 0.6) is 5.75 Å². The number of carbonyl (C=O) groups excluding carboxylic acids is 1. The second-order valence-corrected chi connectivity index (χ2v) is 3.38. The van der Waals surface area contributed by atoms with E-state index < -0.39 is 0 Å². The molecule has 0 radical (unpaired) electrons. The molecular weight excluding hydrogens is 206 g/mol. The van der Waals surface area contributed by atoms with Gasteiger partial charge in [-0.15, -0.1) is 0 Å². The third-order valence-electron chi connectivity index (χ3n) is 2.31. The predicted molar refractivity (Wildman–Crippen MR) is 64.5 cm³/mol. The molecule has 0 heterocycles. The number of amides is 2. The fraction of sp³-hybridized carbons (Fsp3) is 0.364. The van der Waals surface area contributed by atoms with E-state index in [4.69, 9.17) is 5.73 Å². The molecule has 0 atom stereocenters. The van der Waals surface area contributed by atoms with Crippen molar-refractivity contribution in [1.29, 1.82) is 0 Å². The number of hydrogen-bond donors (Lipinski definition) is 3. The number of carbonyl (C=O) groups is 1. The maximum Gasteiger partial charge on any atom is 0.321 e. The van der Waals surface area contributed by atoms with Gasteiger partial charge in [0.15, 0.2) is 0 Å². The van der Waals surface area contributed by atoms with Crippen LogP contribution in [0, 0.1) is 0 Å². The van der Waals surface area contributed by atoms with E-state index in [1.807, 2.05) is 13.8 Å². The van der Waals surface area contributed by atoms with Crippen molar-refractivity contribution in [2.75, 3.05) is 24.1 Å². The number of rotatable bonds is 3. The molecule has 2 amide bonds. The normalized spacial score (nSPS) is 9.88. The summed E-state index contributed by atoms with van der Waals surface area (Å²) >= 11 is 0. The number of urea groups is 1. The van der Waals surface area contributed by atoms with Crippen molar-refractivity contribution in [3.05, 3.63) is 18.2 Å². The van der Waals surface area contributed by atoms with Gasteiger partial charge >= 0.3 is 6.03 Å². The van der Waals surface area contributed by atoms with Crippen LogP contribution in [-0.2, 0) is 0 Å². The predicted octanol–water partition coefficient (Wildman–Crippen LogP) is 1.85. The molecule has 0 saturated carbocycles. The number of nitrogens with zero attached hydrogens (tertiary/aromatic N) is 1. The Morgan fingerprint density at radius 3 is 2.56 bits per heavy atom. The van der Waals surface area contributed by atoms with Crippen LogP contribution < -0.4 is 11.1 Å². The average molecular weight is 223 g/mol. The van der Waals surface area contributed by atoms with Crippen LogP contribution in [0.15, 0.2) is 18.2 Å². The van der Waals surface area contributed by atoms with Gasteiger partial charge in [-0.05, 0) is 26.0 Å². The van der Waals surface area contributed by atoms with Crippen LogP contribution in [0.2, 0.25) is 0 Å². The lowest BCUT2D eigenvalue weighted by atomic mass is 10.2. The number of phenolic OH excluding ortho intramolecular Hbond substituents is 1. The van der Waals surface area contributed by atoms with Gasteiger partial charge in [0.05, 0.1) is 5.69 Å². The van der Waals surface area contributed by atoms with Crippen LogP contribution in [0.3, 0.4) is 0 Å². The summed E-state index contributed by atoms with van der Waals surface area (Å²) < 4.78 is 0. The highest BCUT2D eigenvalue weighted by molar-refractivity contribution is 5.91. The zero-order valence-corrected chi connectivity index (χ0v) is 9.53. The molecule has 1 rings (SSSR count). The van der Waals surface area contributed by atoms with Gasteiger partial charge in [-0.25, -0.2) is 4.79 Å². The molecule has 0 unspecified atom stereocenters. The van der Waals surface area contributed by atoms with Crippen molar-refractivity contribution in [2.45, 2.75) is 13.8 Å². The molecule has 0 aromatic heterocycles. The average Bonchev–Trinajstić information content (AvgIpc) is 2.24. The van der Waals surface area contributed by atoms with Gasteiger partial charge in [0.2, 0.25) is 0 Å². The van der Waals surface area contributed by atoms with Gasteiger partial charge in [0, 0.05) is 24.8 Å². The quantitative estimate of drug-likeness (QED) is 0.540. The van der Waals surface area contributed by atoms with E-state index >= 15 is 0 Å². The molecule has 88 valence electrons. The number of benzene rings is 1. The first-order chi connectivity index (χ1) is 7.58. The summed E-state index contributed by atoms with van der Waals surface area (Å²) in [5.74, 6) is -0.0273. The Balaban J connectivity index is 2.76. The second kappa shape index (κ2) is 5.25. The molecule has 4 N–H and O–H groups in total. The van der Waals surface area contributed by atoms with E-state index in [9.17, 15) is 9.90 Å². The Kier molecular flexibility index (Phi) is 3.99. The zero-order chi connectivity index (χ0) is 12.1. The Labute approximate surface area is 94.9 Å². The lowest BCUT2D eigenvalue weighted by molar-refractivity contribution is 0.217. The summed E-state index contributed by atoms with van der Waals surface area (Å²) in [5.41, 5.74) is 6.31. The van der Waals surface area contributed by atoms with Crippen molar-refractivity contribution in [2.24, 2.45) is 0 Å². The summed E-state index contributed by atoms with van der Waals surface area (Å²) in [5, 5.41) is 12.2. The number of nitrogens with one attached hydrogen (secondary N) is 1. The number of hydrogen-bond acceptors (Lipinski definition) is 3. The highest BCUT2D eigenvalue weighted by Crippen LogP contribution is 2.25. The van der Waals surface area contributed by atoms with Gasteiger partial charge in [-0.3, -0.25) is 0 Å². The molecule has 5 heteroatoms. The summed E-state index contributed by atoms with van der Waals surface area (Å²) in [6.45, 7) is 5.04. The van der Waals surface area contributed by atoms with Crippen molar-refractivity contribution < 1.29 is 9.90 Å². The lowest BCUT2D eigenvalue weighted by Crippen LogP contribution is -2.34. The first-order valence-corrected chi connectivity index (χ1v) is 5.22. The minimum absolute atomic E-state index is 0.0273. The van der Waals surface area contributed by atoms with E-state index in [-0.39, 0.29) is 11.8 Å². The number of aromatic hydroxyl groups is 1. The van der Waals surface area contributed by atoms with Crippen LogP contribution in [0.4, 0.5) is 16.2 Å². The second-order valence-electron chi connectivity index (χ2n) is 3.38. The Hall–Kier alpha value is -1.91. The third kappa shape index (κ3) is 2.79. The Bertz CT molecular complexity index is 375. The minimum Gasteiger partial charge on any atom is -0.506 e. The van der Waals surface area contributed by atoms with Crippen molar-refractivity contribution in [1.82, 2.24) is 4.90 Å². The van der Waals surface area contributed by atoms with Crippen LogP contribution in [0.1, 0.15) is 13.8 Å². The van der Waals surface area contributed by atoms with E-state index in [0.717, 1.165) is 0 Å². The van der Waals surface area contributed by atoms with Gasteiger partial charge in [0.1, 0.15) is 5.75 Å². The summed E-state index contributed by atoms with van der Waals surface area (Å²) in [6, 6.07) is 4.37. The highest BCUT2D eigenvalue weighted by atomic mass is 16.3. The fourth-order valence-electron chi connectivity index (χ4n) is 1.36. The number of nitrogens with two attached hydrogens (primary N) is 1. The molecule has 1 aromatic carbocycles. The molecule has 16 heavy (non-hydrogen) atoms. The molecule has 0 saturated heterocycles. The largest absolute Gasteiger partial charge is 0.506 e. The number of anilines is 2. The monoisotopic (exact) mass is 223 g/mol. The topological polar surface area (TPSA) is 78.6 Å². The zero-order valence-electron chi connectivity index (χ0n) is 9.53. The van der Waals surface area contributed by atoms with Crippen LogP contribution >= 0.6 is 0 Å². The molecular formula is C11H17N3O2. The van der Waals surface area contributed by atoms with Crippen molar-refractivity contribution in [3.8, 4) is 5.75 Å². The van der Waals surface area contributed by atoms with E-state index in [2.05, 4.69) is 5.32 Å². The van der Waals surface area contributed by atoms with Gasteiger partial charge < -0.3 is 21.1 Å². The van der Waals surface area contributed by atoms with Crippen LogP contribution in [0.25, 0.3) is 0 Å². The van der Waals surface area contributed by atoms with E-state index in [0.29, 0.717) is 24.5 Å². The van der Waals surface area contributed by atoms with E-state index in [1.165, 1.54) is 6.07 Å². The molecule has 0 fully saturated rings. The first-order valence-electron chi connectivity index (χ1n) is 5.22. The third-order valence-corrected chi connectivity index (χ3v) is 2.31. The number of nitrogen functional groups attached to an aromatic ring is 1. The van der Waals surface area contributed by atoms with Crippen LogP contribution in [-0.4, -0.2) is 29.1 Å². The maximum absolute atomic E-state index is 11.7. The first kappa shape index (κ1) is 12.2. The van der Waals surface area contributed by atoms with Gasteiger partial charge in [0.25, 0.3) is 0 Å². The van der Waals surface area contributed by atoms with Crippen molar-refractivity contribution in [3.63, 3.8) is 0 Å². The molecule has 0 spiro atoms. The summed E-state index contributed by atoms with van der Waals surface area (Å²) in [6.07, 6.45) is 0.